The van der Waals surface area contributed by atoms with Crippen LogP contribution in [0.2, 0.25) is 0 Å². The molecule has 76 valence electrons. The molecule has 0 bridgehead atoms. The van der Waals surface area contributed by atoms with Crippen molar-refractivity contribution in [2.24, 2.45) is 5.73 Å². The molecule has 0 aromatic heterocycles. The van der Waals surface area contributed by atoms with E-state index in [0.29, 0.717) is 5.56 Å². The predicted octanol–water partition coefficient (Wildman–Crippen LogP) is 2.15. The van der Waals surface area contributed by atoms with Gasteiger partial charge < -0.3 is 10.8 Å². The molecule has 1 aromatic rings. The zero-order valence-electron chi connectivity index (χ0n) is 7.42. The average Bonchev–Trinajstić information content (AvgIpc) is 2.08. The maximum atomic E-state index is 11.0. The van der Waals surface area contributed by atoms with Crippen LogP contribution in [0, 0.1) is 7.14 Å². The van der Waals surface area contributed by atoms with Crippen LogP contribution < -0.4 is 5.73 Å². The maximum absolute atomic E-state index is 11.0. The average molecular weight is 417 g/mol. The minimum Gasteiger partial charge on any atom is -0.480 e. The van der Waals surface area contributed by atoms with Gasteiger partial charge in [0, 0.05) is 7.14 Å². The van der Waals surface area contributed by atoms with Crippen molar-refractivity contribution in [3.63, 3.8) is 0 Å². The van der Waals surface area contributed by atoms with Crippen LogP contribution in [0.3, 0.4) is 0 Å². The minimum atomic E-state index is -1.32. The van der Waals surface area contributed by atoms with Gasteiger partial charge in [-0.3, -0.25) is 0 Å². The second-order valence-corrected chi connectivity index (χ2v) is 5.54. The quantitative estimate of drug-likeness (QED) is 0.726. The molecular weight excluding hydrogens is 408 g/mol. The lowest BCUT2D eigenvalue weighted by Crippen LogP contribution is -2.42. The summed E-state index contributed by atoms with van der Waals surface area (Å²) >= 11 is 4.22. The number of aliphatic carboxylic acids is 1. The van der Waals surface area contributed by atoms with Gasteiger partial charge in [-0.25, -0.2) is 4.79 Å². The van der Waals surface area contributed by atoms with Crippen molar-refractivity contribution < 1.29 is 9.90 Å². The fraction of sp³-hybridized carbons (Fsp3) is 0.222. The highest BCUT2D eigenvalue weighted by molar-refractivity contribution is 14.1. The normalized spacial score (nSPS) is 14.9. The molecule has 0 saturated heterocycles. The third-order valence-electron chi connectivity index (χ3n) is 1.93. The van der Waals surface area contributed by atoms with E-state index in [1.807, 2.05) is 12.1 Å². The molecule has 1 atom stereocenters. The molecule has 14 heavy (non-hydrogen) atoms. The van der Waals surface area contributed by atoms with E-state index in [1.54, 1.807) is 6.07 Å². The summed E-state index contributed by atoms with van der Waals surface area (Å²) in [6, 6.07) is 5.59. The van der Waals surface area contributed by atoms with Gasteiger partial charge in [0.05, 0.1) is 0 Å². The number of nitrogens with two attached hydrogens (primary N) is 1. The molecule has 0 aliphatic carbocycles. The van der Waals surface area contributed by atoms with E-state index >= 15 is 0 Å². The van der Waals surface area contributed by atoms with E-state index in [4.69, 9.17) is 10.8 Å². The molecule has 0 fully saturated rings. The standard InChI is InChI=1S/C9H9I2NO2/c1-9(12,8(13)14)6-4-5(10)2-3-7(6)11/h2-4H,12H2,1H3,(H,13,14)/t9-/m1/s1. The van der Waals surface area contributed by atoms with Crippen LogP contribution in [-0.4, -0.2) is 11.1 Å². The van der Waals surface area contributed by atoms with E-state index in [0.717, 1.165) is 7.14 Å². The molecule has 3 N–H and O–H groups in total. The van der Waals surface area contributed by atoms with Crippen molar-refractivity contribution in [3.05, 3.63) is 30.9 Å². The van der Waals surface area contributed by atoms with Gasteiger partial charge in [-0.15, -0.1) is 0 Å². The number of carboxylic acid groups (broad SMARTS) is 1. The SMILES string of the molecule is C[C@](N)(C(=O)O)c1cc(I)ccc1I. The Morgan fingerprint density at radius 2 is 2.07 bits per heavy atom. The Kier molecular flexibility index (Phi) is 3.75. The zero-order chi connectivity index (χ0) is 10.9. The van der Waals surface area contributed by atoms with E-state index in [1.165, 1.54) is 6.92 Å². The lowest BCUT2D eigenvalue weighted by atomic mass is 9.94. The van der Waals surface area contributed by atoms with E-state index in [9.17, 15) is 4.79 Å². The molecule has 0 spiro atoms. The highest BCUT2D eigenvalue weighted by Gasteiger charge is 2.32. The first-order valence-electron chi connectivity index (χ1n) is 3.83. The van der Waals surface area contributed by atoms with Crippen LogP contribution in [0.5, 0.6) is 0 Å². The summed E-state index contributed by atoms with van der Waals surface area (Å²) in [6.45, 7) is 1.50. The van der Waals surface area contributed by atoms with Gasteiger partial charge in [0.15, 0.2) is 0 Å². The monoisotopic (exact) mass is 417 g/mol. The molecule has 1 aromatic carbocycles. The fourth-order valence-corrected chi connectivity index (χ4v) is 2.40. The molecule has 3 nitrogen and oxygen atoms in total. The Hall–Kier alpha value is 0.110. The predicted molar refractivity (Wildman–Crippen MR) is 71.1 cm³/mol. The van der Waals surface area contributed by atoms with Crippen LogP contribution >= 0.6 is 45.2 Å². The topological polar surface area (TPSA) is 63.3 Å². The molecule has 0 heterocycles. The number of rotatable bonds is 2. The summed E-state index contributed by atoms with van der Waals surface area (Å²) < 4.78 is 1.85. The molecule has 0 radical (unpaired) electrons. The van der Waals surface area contributed by atoms with Gasteiger partial charge in [-0.2, -0.15) is 0 Å². The van der Waals surface area contributed by atoms with Gasteiger partial charge >= 0.3 is 5.97 Å². The minimum absolute atomic E-state index is 0.650. The molecule has 0 aliphatic heterocycles. The second-order valence-electron chi connectivity index (χ2n) is 3.13. The summed E-state index contributed by atoms with van der Waals surface area (Å²) in [4.78, 5) is 11.0. The van der Waals surface area contributed by atoms with Crippen LogP contribution in [-0.2, 0) is 10.3 Å². The first-order chi connectivity index (χ1) is 6.35. The van der Waals surface area contributed by atoms with E-state index in [2.05, 4.69) is 45.2 Å². The number of benzene rings is 1. The van der Waals surface area contributed by atoms with Crippen LogP contribution in [0.15, 0.2) is 18.2 Å². The van der Waals surface area contributed by atoms with Crippen LogP contribution in [0.1, 0.15) is 12.5 Å². The van der Waals surface area contributed by atoms with E-state index < -0.39 is 11.5 Å². The van der Waals surface area contributed by atoms with Gasteiger partial charge in [-0.1, -0.05) is 0 Å². The van der Waals surface area contributed by atoms with Gasteiger partial charge in [0.2, 0.25) is 0 Å². The van der Waals surface area contributed by atoms with Gasteiger partial charge in [0.25, 0.3) is 0 Å². The lowest BCUT2D eigenvalue weighted by Gasteiger charge is -2.21. The Labute approximate surface area is 109 Å². The number of carbonyl (C=O) groups is 1. The van der Waals surface area contributed by atoms with Crippen LogP contribution in [0.25, 0.3) is 0 Å². The van der Waals surface area contributed by atoms with Gasteiger partial charge in [0.1, 0.15) is 5.54 Å². The van der Waals surface area contributed by atoms with E-state index in [-0.39, 0.29) is 0 Å². The van der Waals surface area contributed by atoms with Crippen molar-refractivity contribution >= 4 is 51.2 Å². The Balaban J connectivity index is 3.31. The third-order valence-corrected chi connectivity index (χ3v) is 3.54. The Morgan fingerprint density at radius 3 is 2.57 bits per heavy atom. The number of carboxylic acids is 1. The first-order valence-corrected chi connectivity index (χ1v) is 5.99. The summed E-state index contributed by atoms with van der Waals surface area (Å²) in [7, 11) is 0. The number of hydrogen-bond acceptors (Lipinski definition) is 2. The highest BCUT2D eigenvalue weighted by Crippen LogP contribution is 2.25. The summed E-state index contributed by atoms with van der Waals surface area (Å²) in [5.74, 6) is -1.02. The van der Waals surface area contributed by atoms with Crippen molar-refractivity contribution in [3.8, 4) is 0 Å². The third kappa shape index (κ3) is 2.37. The largest absolute Gasteiger partial charge is 0.480 e. The van der Waals surface area contributed by atoms with Crippen molar-refractivity contribution in [1.29, 1.82) is 0 Å². The van der Waals surface area contributed by atoms with Crippen molar-refractivity contribution in [1.82, 2.24) is 0 Å². The summed E-state index contributed by atoms with van der Waals surface area (Å²) in [5, 5.41) is 8.98. The summed E-state index contributed by atoms with van der Waals surface area (Å²) in [5.41, 5.74) is 5.07. The molecule has 0 unspecified atom stereocenters. The smallest absolute Gasteiger partial charge is 0.328 e. The molecular formula is C9H9I2NO2. The Bertz CT molecular complexity index is 377. The zero-order valence-corrected chi connectivity index (χ0v) is 11.7. The first kappa shape index (κ1) is 12.2. The second kappa shape index (κ2) is 4.31. The summed E-state index contributed by atoms with van der Waals surface area (Å²) in [6.07, 6.45) is 0. The molecule has 0 saturated carbocycles. The van der Waals surface area contributed by atoms with Crippen molar-refractivity contribution in [2.75, 3.05) is 0 Å². The lowest BCUT2D eigenvalue weighted by molar-refractivity contribution is -0.143. The molecule has 1 rings (SSSR count). The highest BCUT2D eigenvalue weighted by atomic mass is 127. The maximum Gasteiger partial charge on any atom is 0.328 e. The number of hydrogen-bond donors (Lipinski definition) is 2. The molecule has 0 aliphatic rings. The van der Waals surface area contributed by atoms with Crippen LogP contribution in [0.4, 0.5) is 0 Å². The van der Waals surface area contributed by atoms with Crippen molar-refractivity contribution in [2.45, 2.75) is 12.5 Å². The Morgan fingerprint density at radius 1 is 1.50 bits per heavy atom. The number of halogens is 2. The molecule has 5 heteroatoms. The fourth-order valence-electron chi connectivity index (χ4n) is 1.01. The molecule has 0 amide bonds. The van der Waals surface area contributed by atoms with Gasteiger partial charge in [-0.05, 0) is 75.9 Å².